The van der Waals surface area contributed by atoms with Gasteiger partial charge in [0.15, 0.2) is 0 Å². The van der Waals surface area contributed by atoms with Crippen LogP contribution in [0.1, 0.15) is 24.5 Å². The highest BCUT2D eigenvalue weighted by Gasteiger charge is 2.10. The van der Waals surface area contributed by atoms with Crippen molar-refractivity contribution in [2.24, 2.45) is 10.2 Å². The molecule has 2 aromatic carbocycles. The zero-order valence-corrected chi connectivity index (χ0v) is 17.1. The molecule has 0 aliphatic heterocycles. The minimum atomic E-state index is -0.570. The summed E-state index contributed by atoms with van der Waals surface area (Å²) in [6, 6.07) is 11.2. The van der Waals surface area contributed by atoms with Gasteiger partial charge in [-0.3, -0.25) is 14.9 Å². The zero-order valence-electron chi connectivity index (χ0n) is 16.3. The summed E-state index contributed by atoms with van der Waals surface area (Å²) in [7, 11) is 0. The van der Waals surface area contributed by atoms with E-state index in [0.717, 1.165) is 11.3 Å². The Morgan fingerprint density at radius 2 is 2.13 bits per heavy atom. The molecule has 156 valence electrons. The molecule has 0 saturated carbocycles. The van der Waals surface area contributed by atoms with E-state index >= 15 is 0 Å². The number of non-ortho nitro benzene ring substituents is 1. The van der Waals surface area contributed by atoms with Gasteiger partial charge in [-0.05, 0) is 37.1 Å². The van der Waals surface area contributed by atoms with Crippen LogP contribution in [0.2, 0.25) is 5.02 Å². The van der Waals surface area contributed by atoms with E-state index in [9.17, 15) is 14.9 Å². The average Bonchev–Trinajstić information content (AvgIpc) is 2.72. The van der Waals surface area contributed by atoms with E-state index in [4.69, 9.17) is 21.6 Å². The normalized spacial score (nSPS) is 10.6. The minimum absolute atomic E-state index is 0.0872. The van der Waals surface area contributed by atoms with Crippen molar-refractivity contribution < 1.29 is 14.5 Å². The van der Waals surface area contributed by atoms with Crippen molar-refractivity contribution >= 4 is 34.6 Å². The number of nitrogens with one attached hydrogen (secondary N) is 1. The molecule has 0 spiro atoms. The first-order valence-corrected chi connectivity index (χ1v) is 9.56. The van der Waals surface area contributed by atoms with Crippen molar-refractivity contribution in [2.75, 3.05) is 25.0 Å². The number of hydrogen-bond acceptors (Lipinski definition) is 8. The Hall–Kier alpha value is -3.51. The second-order valence-corrected chi connectivity index (χ2v) is 6.48. The van der Waals surface area contributed by atoms with Crippen LogP contribution in [0.3, 0.4) is 0 Å². The van der Waals surface area contributed by atoms with Crippen molar-refractivity contribution in [2.45, 2.75) is 19.8 Å². The van der Waals surface area contributed by atoms with Gasteiger partial charge in [0.2, 0.25) is 0 Å². The number of hydrogen-bond donors (Lipinski definition) is 1. The molecular formula is C20H20ClN5O4. The molecule has 2 rings (SSSR count). The predicted octanol–water partition coefficient (Wildman–Crippen LogP) is 4.81. The fourth-order valence-electron chi connectivity index (χ4n) is 2.51. The van der Waals surface area contributed by atoms with Crippen LogP contribution in [0.25, 0.3) is 0 Å². The van der Waals surface area contributed by atoms with E-state index in [1.54, 1.807) is 13.0 Å². The molecule has 0 atom stereocenters. The number of ether oxygens (including phenoxy) is 1. The second-order valence-electron chi connectivity index (χ2n) is 6.07. The molecule has 30 heavy (non-hydrogen) atoms. The summed E-state index contributed by atoms with van der Waals surface area (Å²) in [5.74, 6) is -0.259. The summed E-state index contributed by atoms with van der Waals surface area (Å²) in [6.07, 6.45) is 0.793. The SMILES string of the molecule is CCOC(=O)CCNc1ccc(CCN=Nc2ccc([N+](=O)[O-])cc2C#N)c(Cl)c1. The Morgan fingerprint density at radius 3 is 2.80 bits per heavy atom. The summed E-state index contributed by atoms with van der Waals surface area (Å²) < 4.78 is 4.87. The topological polar surface area (TPSA) is 130 Å². The molecule has 0 saturated heterocycles. The molecule has 0 bridgehead atoms. The smallest absolute Gasteiger partial charge is 0.307 e. The van der Waals surface area contributed by atoms with Crippen molar-refractivity contribution in [3.63, 3.8) is 0 Å². The molecule has 0 heterocycles. The maximum Gasteiger partial charge on any atom is 0.307 e. The van der Waals surface area contributed by atoms with Gasteiger partial charge in [0.25, 0.3) is 5.69 Å². The van der Waals surface area contributed by atoms with E-state index in [2.05, 4.69) is 15.5 Å². The fraction of sp³-hybridized carbons (Fsp3) is 0.300. The summed E-state index contributed by atoms with van der Waals surface area (Å²) >= 11 is 6.30. The third-order valence-electron chi connectivity index (χ3n) is 3.99. The monoisotopic (exact) mass is 429 g/mol. The molecule has 2 aromatic rings. The van der Waals surface area contributed by atoms with E-state index in [1.165, 1.54) is 18.2 Å². The van der Waals surface area contributed by atoms with Crippen LogP contribution in [0, 0.1) is 21.4 Å². The van der Waals surface area contributed by atoms with E-state index in [0.29, 0.717) is 31.1 Å². The first-order chi connectivity index (χ1) is 14.4. The Bertz CT molecular complexity index is 988. The van der Waals surface area contributed by atoms with Crippen LogP contribution >= 0.6 is 11.6 Å². The van der Waals surface area contributed by atoms with Crippen molar-refractivity contribution in [1.29, 1.82) is 5.26 Å². The largest absolute Gasteiger partial charge is 0.466 e. The highest BCUT2D eigenvalue weighted by atomic mass is 35.5. The van der Waals surface area contributed by atoms with Crippen LogP contribution in [-0.4, -0.2) is 30.6 Å². The number of azo groups is 1. The number of rotatable bonds is 10. The molecule has 0 radical (unpaired) electrons. The van der Waals surface area contributed by atoms with Crippen molar-refractivity contribution in [3.05, 3.63) is 62.7 Å². The lowest BCUT2D eigenvalue weighted by atomic mass is 10.1. The Balaban J connectivity index is 1.90. The summed E-state index contributed by atoms with van der Waals surface area (Å²) in [6.45, 7) is 2.90. The number of esters is 1. The van der Waals surface area contributed by atoms with Gasteiger partial charge in [-0.25, -0.2) is 0 Å². The maximum absolute atomic E-state index is 11.3. The third-order valence-corrected chi connectivity index (χ3v) is 4.34. The highest BCUT2D eigenvalue weighted by Crippen LogP contribution is 2.25. The van der Waals surface area contributed by atoms with Crippen LogP contribution in [-0.2, 0) is 16.0 Å². The molecule has 0 fully saturated rings. The van der Waals surface area contributed by atoms with Gasteiger partial charge in [-0.1, -0.05) is 17.7 Å². The number of nitrogens with zero attached hydrogens (tertiary/aromatic N) is 4. The summed E-state index contributed by atoms with van der Waals surface area (Å²) in [5.41, 5.74) is 1.85. The molecule has 0 amide bonds. The summed E-state index contributed by atoms with van der Waals surface area (Å²) in [5, 5.41) is 31.6. The number of benzene rings is 2. The van der Waals surface area contributed by atoms with Crippen LogP contribution in [0.15, 0.2) is 46.6 Å². The molecular weight excluding hydrogens is 410 g/mol. The fourth-order valence-corrected chi connectivity index (χ4v) is 2.79. The third kappa shape index (κ3) is 6.83. The number of anilines is 1. The lowest BCUT2D eigenvalue weighted by molar-refractivity contribution is -0.384. The molecule has 9 nitrogen and oxygen atoms in total. The molecule has 0 unspecified atom stereocenters. The van der Waals surface area contributed by atoms with Gasteiger partial charge in [-0.15, -0.1) is 0 Å². The Kier molecular flexibility index (Phi) is 8.72. The lowest BCUT2D eigenvalue weighted by Gasteiger charge is -2.09. The quantitative estimate of drug-likeness (QED) is 0.249. The predicted molar refractivity (Wildman–Crippen MR) is 112 cm³/mol. The number of nitro groups is 1. The molecule has 0 aromatic heterocycles. The molecule has 1 N–H and O–H groups in total. The zero-order chi connectivity index (χ0) is 21.9. The van der Waals surface area contributed by atoms with Crippen molar-refractivity contribution in [1.82, 2.24) is 0 Å². The Labute approximate surface area is 178 Å². The van der Waals surface area contributed by atoms with Gasteiger partial charge in [0.1, 0.15) is 11.8 Å². The van der Waals surface area contributed by atoms with Crippen molar-refractivity contribution in [3.8, 4) is 6.07 Å². The number of carbonyl (C=O) groups is 1. The van der Waals surface area contributed by atoms with Gasteiger partial charge < -0.3 is 10.1 Å². The first-order valence-electron chi connectivity index (χ1n) is 9.18. The van der Waals surface area contributed by atoms with Crippen LogP contribution in [0.4, 0.5) is 17.1 Å². The van der Waals surface area contributed by atoms with E-state index < -0.39 is 4.92 Å². The number of halogens is 1. The Morgan fingerprint density at radius 1 is 1.33 bits per heavy atom. The molecule has 10 heteroatoms. The molecule has 0 aliphatic rings. The van der Waals surface area contributed by atoms with Gasteiger partial charge in [-0.2, -0.15) is 15.5 Å². The van der Waals surface area contributed by atoms with Gasteiger partial charge in [0.05, 0.1) is 30.1 Å². The average molecular weight is 430 g/mol. The summed E-state index contributed by atoms with van der Waals surface area (Å²) in [4.78, 5) is 21.5. The minimum Gasteiger partial charge on any atom is -0.466 e. The second kappa shape index (κ2) is 11.5. The number of nitriles is 1. The van der Waals surface area contributed by atoms with Gasteiger partial charge in [0, 0.05) is 29.4 Å². The van der Waals surface area contributed by atoms with Crippen LogP contribution < -0.4 is 5.32 Å². The number of carbonyl (C=O) groups excluding carboxylic acids is 1. The van der Waals surface area contributed by atoms with Crippen LogP contribution in [0.5, 0.6) is 0 Å². The molecule has 0 aliphatic carbocycles. The standard InChI is InChI=1S/C20H20ClN5O4/c1-2-30-20(27)8-9-23-16-4-3-14(18(21)12-16)7-10-24-25-19-6-5-17(26(28)29)11-15(19)13-22/h3-6,11-12,23H,2,7-10H2,1H3. The first kappa shape index (κ1) is 22.8. The highest BCUT2D eigenvalue weighted by molar-refractivity contribution is 6.31. The maximum atomic E-state index is 11.3. The van der Waals surface area contributed by atoms with Gasteiger partial charge >= 0.3 is 5.97 Å². The lowest BCUT2D eigenvalue weighted by Crippen LogP contribution is -2.11. The van der Waals surface area contributed by atoms with E-state index in [-0.39, 0.29) is 29.3 Å². The number of nitro benzene ring substituents is 1. The van der Waals surface area contributed by atoms with E-state index in [1.807, 2.05) is 18.2 Å².